The van der Waals surface area contributed by atoms with Crippen molar-refractivity contribution in [2.75, 3.05) is 31.6 Å². The van der Waals surface area contributed by atoms with Gasteiger partial charge in [0, 0.05) is 6.54 Å². The number of rotatable bonds is 11. The van der Waals surface area contributed by atoms with Gasteiger partial charge in [0.1, 0.15) is 6.54 Å². The number of ether oxygens (including phenoxy) is 2. The van der Waals surface area contributed by atoms with Crippen LogP contribution in [-0.4, -0.2) is 41.6 Å². The minimum Gasteiger partial charge on any atom is -0.493 e. The summed E-state index contributed by atoms with van der Waals surface area (Å²) in [7, 11) is -0.746. The van der Waals surface area contributed by atoms with Gasteiger partial charge in [0.25, 0.3) is 10.0 Å². The molecule has 0 unspecified atom stereocenters. The maximum atomic E-state index is 13.5. The van der Waals surface area contributed by atoms with Gasteiger partial charge in [-0.15, -0.1) is 0 Å². The van der Waals surface area contributed by atoms with Crippen LogP contribution in [0.4, 0.5) is 5.69 Å². The number of methoxy groups -OCH3 is 2. The average molecular weight is 497 g/mol. The molecule has 0 aliphatic heterocycles. The molecule has 0 fully saturated rings. The van der Waals surface area contributed by atoms with E-state index in [0.29, 0.717) is 30.2 Å². The topological polar surface area (TPSA) is 84.9 Å². The van der Waals surface area contributed by atoms with Crippen LogP contribution in [0.2, 0.25) is 0 Å². The van der Waals surface area contributed by atoms with Gasteiger partial charge in [-0.1, -0.05) is 42.0 Å². The van der Waals surface area contributed by atoms with Gasteiger partial charge >= 0.3 is 0 Å². The molecular weight excluding hydrogens is 464 g/mol. The number of hydrogen-bond acceptors (Lipinski definition) is 5. The predicted molar refractivity (Wildman–Crippen MR) is 138 cm³/mol. The zero-order valence-electron chi connectivity index (χ0n) is 20.6. The summed E-state index contributed by atoms with van der Waals surface area (Å²) < 4.78 is 38.7. The molecule has 0 spiro atoms. The molecule has 8 heteroatoms. The van der Waals surface area contributed by atoms with Gasteiger partial charge in [-0.25, -0.2) is 8.42 Å². The molecule has 3 rings (SSSR count). The van der Waals surface area contributed by atoms with Crippen molar-refractivity contribution in [3.8, 4) is 11.5 Å². The Balaban J connectivity index is 1.69. The molecule has 1 N–H and O–H groups in total. The number of carbonyl (C=O) groups excluding carboxylic acids is 1. The highest BCUT2D eigenvalue weighted by Crippen LogP contribution is 2.29. The summed E-state index contributed by atoms with van der Waals surface area (Å²) in [5.41, 5.74) is 3.34. The van der Waals surface area contributed by atoms with E-state index in [1.807, 2.05) is 44.2 Å². The van der Waals surface area contributed by atoms with Crippen molar-refractivity contribution in [1.82, 2.24) is 5.32 Å². The van der Waals surface area contributed by atoms with Gasteiger partial charge in [-0.2, -0.15) is 0 Å². The first kappa shape index (κ1) is 26.1. The molecule has 0 saturated heterocycles. The van der Waals surface area contributed by atoms with Gasteiger partial charge in [0.05, 0.1) is 24.8 Å². The van der Waals surface area contributed by atoms with Crippen LogP contribution in [-0.2, 0) is 21.2 Å². The molecule has 0 radical (unpaired) electrons. The van der Waals surface area contributed by atoms with Crippen molar-refractivity contribution < 1.29 is 22.7 Å². The van der Waals surface area contributed by atoms with Gasteiger partial charge in [0.15, 0.2) is 11.5 Å². The fraction of sp³-hybridized carbons (Fsp3) is 0.296. The molecule has 3 aromatic rings. The van der Waals surface area contributed by atoms with E-state index in [9.17, 15) is 13.2 Å². The molecule has 0 aliphatic rings. The zero-order valence-corrected chi connectivity index (χ0v) is 21.4. The fourth-order valence-electron chi connectivity index (χ4n) is 3.85. The van der Waals surface area contributed by atoms with Crippen LogP contribution >= 0.6 is 0 Å². The van der Waals surface area contributed by atoms with Gasteiger partial charge in [-0.05, 0) is 68.1 Å². The first-order valence-electron chi connectivity index (χ1n) is 11.4. The number of hydrogen-bond donors (Lipinski definition) is 1. The van der Waals surface area contributed by atoms with Gasteiger partial charge in [0.2, 0.25) is 5.91 Å². The van der Waals surface area contributed by atoms with E-state index >= 15 is 0 Å². The van der Waals surface area contributed by atoms with E-state index in [-0.39, 0.29) is 17.3 Å². The lowest BCUT2D eigenvalue weighted by Crippen LogP contribution is -2.41. The quantitative estimate of drug-likeness (QED) is 0.401. The molecular formula is C27H32N2O5S. The van der Waals surface area contributed by atoms with Crippen molar-refractivity contribution in [1.29, 1.82) is 0 Å². The number of benzene rings is 3. The summed E-state index contributed by atoms with van der Waals surface area (Å²) in [6.45, 7) is 3.89. The highest BCUT2D eigenvalue weighted by atomic mass is 32.2. The second-order valence-electron chi connectivity index (χ2n) is 8.26. The molecule has 0 aliphatic carbocycles. The second-order valence-corrected chi connectivity index (χ2v) is 10.1. The fourth-order valence-corrected chi connectivity index (χ4v) is 5.35. The van der Waals surface area contributed by atoms with Crippen molar-refractivity contribution >= 4 is 21.6 Å². The molecule has 0 atom stereocenters. The highest BCUT2D eigenvalue weighted by Gasteiger charge is 2.28. The number of nitrogens with one attached hydrogen (secondary N) is 1. The van der Waals surface area contributed by atoms with E-state index < -0.39 is 10.0 Å². The predicted octanol–water partition coefficient (Wildman–Crippen LogP) is 4.26. The number of nitrogens with zero attached hydrogens (tertiary/aromatic N) is 1. The van der Waals surface area contributed by atoms with Crippen LogP contribution in [0, 0.1) is 13.8 Å². The van der Waals surface area contributed by atoms with E-state index in [0.717, 1.165) is 23.1 Å². The van der Waals surface area contributed by atoms with Crippen LogP contribution in [0.3, 0.4) is 0 Å². The van der Waals surface area contributed by atoms with Crippen molar-refractivity contribution in [3.63, 3.8) is 0 Å². The SMILES string of the molecule is COc1ccc(CCCNC(=O)CN(c2ccc(C)cc2C)S(=O)(=O)c2ccccc2)cc1OC. The molecule has 0 heterocycles. The lowest BCUT2D eigenvalue weighted by molar-refractivity contribution is -0.119. The lowest BCUT2D eigenvalue weighted by Gasteiger charge is -2.26. The van der Waals surface area contributed by atoms with E-state index in [1.54, 1.807) is 38.5 Å². The van der Waals surface area contributed by atoms with E-state index in [4.69, 9.17) is 9.47 Å². The van der Waals surface area contributed by atoms with Crippen LogP contribution < -0.4 is 19.1 Å². The van der Waals surface area contributed by atoms with Crippen LogP contribution in [0.25, 0.3) is 0 Å². The first-order valence-corrected chi connectivity index (χ1v) is 12.8. The Morgan fingerprint density at radius 3 is 2.29 bits per heavy atom. The Kier molecular flexibility index (Phi) is 8.76. The summed E-state index contributed by atoms with van der Waals surface area (Å²) in [5.74, 6) is 0.955. The molecule has 7 nitrogen and oxygen atoms in total. The number of anilines is 1. The summed E-state index contributed by atoms with van der Waals surface area (Å²) in [4.78, 5) is 13.0. The second kappa shape index (κ2) is 11.8. The Labute approximate surface area is 207 Å². The lowest BCUT2D eigenvalue weighted by atomic mass is 10.1. The number of amides is 1. The number of aryl methyl sites for hydroxylation is 3. The summed E-state index contributed by atoms with van der Waals surface area (Å²) in [6.07, 6.45) is 1.42. The van der Waals surface area contributed by atoms with E-state index in [1.165, 1.54) is 16.4 Å². The molecule has 186 valence electrons. The third kappa shape index (κ3) is 6.54. The van der Waals surface area contributed by atoms with Crippen molar-refractivity contribution in [2.45, 2.75) is 31.6 Å². The number of sulfonamides is 1. The summed E-state index contributed by atoms with van der Waals surface area (Å²) in [5, 5.41) is 2.86. The normalized spacial score (nSPS) is 11.1. The molecule has 1 amide bonds. The van der Waals surface area contributed by atoms with Crippen molar-refractivity contribution in [2.24, 2.45) is 0 Å². The summed E-state index contributed by atoms with van der Waals surface area (Å²) in [6, 6.07) is 19.4. The third-order valence-corrected chi connectivity index (χ3v) is 7.43. The van der Waals surface area contributed by atoms with E-state index in [2.05, 4.69) is 5.32 Å². The first-order chi connectivity index (χ1) is 16.8. The van der Waals surface area contributed by atoms with Gasteiger partial charge in [-0.3, -0.25) is 9.10 Å². The Morgan fingerprint density at radius 2 is 1.63 bits per heavy atom. The third-order valence-electron chi connectivity index (χ3n) is 5.65. The largest absolute Gasteiger partial charge is 0.493 e. The Hall–Kier alpha value is -3.52. The monoisotopic (exact) mass is 496 g/mol. The maximum Gasteiger partial charge on any atom is 0.264 e. The minimum absolute atomic E-state index is 0.140. The smallest absolute Gasteiger partial charge is 0.264 e. The maximum absolute atomic E-state index is 13.5. The number of carbonyl (C=O) groups is 1. The average Bonchev–Trinajstić information content (AvgIpc) is 2.86. The molecule has 0 aromatic heterocycles. The van der Waals surface area contributed by atoms with Crippen LogP contribution in [0.5, 0.6) is 11.5 Å². The molecule has 0 bridgehead atoms. The zero-order chi connectivity index (χ0) is 25.4. The highest BCUT2D eigenvalue weighted by molar-refractivity contribution is 7.92. The Morgan fingerprint density at radius 1 is 0.914 bits per heavy atom. The van der Waals surface area contributed by atoms with Crippen LogP contribution in [0.1, 0.15) is 23.1 Å². The molecule has 0 saturated carbocycles. The summed E-state index contributed by atoms with van der Waals surface area (Å²) >= 11 is 0. The van der Waals surface area contributed by atoms with Gasteiger partial charge < -0.3 is 14.8 Å². The van der Waals surface area contributed by atoms with Crippen LogP contribution in [0.15, 0.2) is 71.6 Å². The Bertz CT molecular complexity index is 1260. The minimum atomic E-state index is -3.93. The standard InChI is InChI=1S/C27H32N2O5S/c1-20-12-14-24(21(2)17-20)29(35(31,32)23-10-6-5-7-11-23)19-27(30)28-16-8-9-22-13-15-25(33-3)26(18-22)34-4/h5-7,10-15,17-18H,8-9,16,19H2,1-4H3,(H,28,30). The molecule has 35 heavy (non-hydrogen) atoms. The molecule has 3 aromatic carbocycles. The van der Waals surface area contributed by atoms with Crippen molar-refractivity contribution in [3.05, 3.63) is 83.4 Å².